The van der Waals surface area contributed by atoms with E-state index in [4.69, 9.17) is 4.74 Å². The number of hydrogen-bond acceptors (Lipinski definition) is 3. The van der Waals surface area contributed by atoms with E-state index in [0.717, 1.165) is 11.4 Å². The number of rotatable bonds is 6. The van der Waals surface area contributed by atoms with Crippen LogP contribution in [0.15, 0.2) is 24.3 Å². The topological polar surface area (TPSA) is 50.4 Å². The average Bonchev–Trinajstić information content (AvgIpc) is 2.29. The van der Waals surface area contributed by atoms with Crippen LogP contribution in [0.4, 0.5) is 11.4 Å². The third kappa shape index (κ3) is 4.87. The summed E-state index contributed by atoms with van der Waals surface area (Å²) in [5.41, 5.74) is 1.79. The molecule has 0 aliphatic heterocycles. The monoisotopic (exact) mass is 236 g/mol. The lowest BCUT2D eigenvalue weighted by atomic mass is 10.2. The van der Waals surface area contributed by atoms with Crippen LogP contribution in [0.5, 0.6) is 0 Å². The molecule has 1 unspecified atom stereocenters. The molecular weight excluding hydrogens is 216 g/mol. The second kappa shape index (κ2) is 6.91. The number of hydrogen-bond donors (Lipinski definition) is 2. The number of anilines is 2. The van der Waals surface area contributed by atoms with Crippen LogP contribution in [-0.4, -0.2) is 25.7 Å². The second-order valence-electron chi connectivity index (χ2n) is 3.98. The minimum atomic E-state index is 0.0205. The van der Waals surface area contributed by atoms with Gasteiger partial charge in [0.15, 0.2) is 0 Å². The van der Waals surface area contributed by atoms with Crippen LogP contribution < -0.4 is 10.6 Å². The van der Waals surface area contributed by atoms with Gasteiger partial charge in [0, 0.05) is 30.9 Å². The van der Waals surface area contributed by atoms with Crippen LogP contribution in [0.1, 0.15) is 20.3 Å². The summed E-state index contributed by atoms with van der Waals surface area (Å²) in [5, 5.41) is 6.13. The molecule has 0 saturated heterocycles. The number of benzene rings is 1. The SMILES string of the molecule is CCC(=O)Nc1cccc(NC(C)COC)c1. The molecule has 17 heavy (non-hydrogen) atoms. The summed E-state index contributed by atoms with van der Waals surface area (Å²) >= 11 is 0. The summed E-state index contributed by atoms with van der Waals surface area (Å²) in [5.74, 6) is 0.0205. The van der Waals surface area contributed by atoms with Gasteiger partial charge in [-0.2, -0.15) is 0 Å². The largest absolute Gasteiger partial charge is 0.383 e. The van der Waals surface area contributed by atoms with Crippen molar-refractivity contribution in [3.63, 3.8) is 0 Å². The Morgan fingerprint density at radius 1 is 1.41 bits per heavy atom. The van der Waals surface area contributed by atoms with Crippen molar-refractivity contribution in [1.82, 2.24) is 0 Å². The fourth-order valence-electron chi connectivity index (χ4n) is 1.51. The predicted molar refractivity (Wildman–Crippen MR) is 70.3 cm³/mol. The highest BCUT2D eigenvalue weighted by molar-refractivity contribution is 5.90. The molecule has 1 atom stereocenters. The summed E-state index contributed by atoms with van der Waals surface area (Å²) in [4.78, 5) is 11.3. The maximum absolute atomic E-state index is 11.3. The van der Waals surface area contributed by atoms with Crippen LogP contribution in [-0.2, 0) is 9.53 Å². The minimum absolute atomic E-state index is 0.0205. The van der Waals surface area contributed by atoms with Crippen molar-refractivity contribution >= 4 is 17.3 Å². The van der Waals surface area contributed by atoms with Gasteiger partial charge in [0.05, 0.1) is 6.61 Å². The van der Waals surface area contributed by atoms with E-state index in [-0.39, 0.29) is 11.9 Å². The standard InChI is InChI=1S/C13H20N2O2/c1-4-13(16)15-12-7-5-6-11(8-12)14-10(2)9-17-3/h5-8,10,14H,4,9H2,1-3H3,(H,15,16). The molecular formula is C13H20N2O2. The zero-order valence-electron chi connectivity index (χ0n) is 10.6. The number of ether oxygens (including phenoxy) is 1. The van der Waals surface area contributed by atoms with Gasteiger partial charge >= 0.3 is 0 Å². The zero-order chi connectivity index (χ0) is 12.7. The smallest absolute Gasteiger partial charge is 0.224 e. The molecule has 2 N–H and O–H groups in total. The first-order valence-electron chi connectivity index (χ1n) is 5.81. The Morgan fingerprint density at radius 2 is 2.12 bits per heavy atom. The molecule has 0 spiro atoms. The highest BCUT2D eigenvalue weighted by atomic mass is 16.5. The van der Waals surface area contributed by atoms with Gasteiger partial charge < -0.3 is 15.4 Å². The molecule has 1 rings (SSSR count). The fourth-order valence-corrected chi connectivity index (χ4v) is 1.51. The fraction of sp³-hybridized carbons (Fsp3) is 0.462. The molecule has 4 heteroatoms. The van der Waals surface area contributed by atoms with E-state index in [1.165, 1.54) is 0 Å². The van der Waals surface area contributed by atoms with Crippen LogP contribution in [0.3, 0.4) is 0 Å². The van der Waals surface area contributed by atoms with Gasteiger partial charge in [-0.1, -0.05) is 13.0 Å². The predicted octanol–water partition coefficient (Wildman–Crippen LogP) is 2.48. The maximum atomic E-state index is 11.3. The van der Waals surface area contributed by atoms with Crippen molar-refractivity contribution in [3.8, 4) is 0 Å². The number of amides is 1. The van der Waals surface area contributed by atoms with Gasteiger partial charge in [-0.15, -0.1) is 0 Å². The zero-order valence-corrected chi connectivity index (χ0v) is 10.6. The molecule has 4 nitrogen and oxygen atoms in total. The summed E-state index contributed by atoms with van der Waals surface area (Å²) in [6.07, 6.45) is 0.484. The van der Waals surface area contributed by atoms with Crippen molar-refractivity contribution in [2.24, 2.45) is 0 Å². The molecule has 0 bridgehead atoms. The van der Waals surface area contributed by atoms with Crippen LogP contribution >= 0.6 is 0 Å². The Labute approximate surface area is 102 Å². The summed E-state index contributed by atoms with van der Waals surface area (Å²) in [6, 6.07) is 7.90. The number of carbonyl (C=O) groups is 1. The summed E-state index contributed by atoms with van der Waals surface area (Å²) < 4.78 is 5.06. The Balaban J connectivity index is 2.62. The van der Waals surface area contributed by atoms with Crippen molar-refractivity contribution < 1.29 is 9.53 Å². The maximum Gasteiger partial charge on any atom is 0.224 e. The Morgan fingerprint density at radius 3 is 2.76 bits per heavy atom. The van der Waals surface area contributed by atoms with Crippen LogP contribution in [0.2, 0.25) is 0 Å². The molecule has 0 aliphatic rings. The first kappa shape index (κ1) is 13.5. The third-order valence-electron chi connectivity index (χ3n) is 2.30. The van der Waals surface area contributed by atoms with E-state index >= 15 is 0 Å². The molecule has 0 fully saturated rings. The normalized spacial score (nSPS) is 11.9. The lowest BCUT2D eigenvalue weighted by Crippen LogP contribution is -2.20. The quantitative estimate of drug-likeness (QED) is 0.797. The summed E-state index contributed by atoms with van der Waals surface area (Å²) in [7, 11) is 1.68. The van der Waals surface area contributed by atoms with Gasteiger partial charge in [0.1, 0.15) is 0 Å². The molecule has 94 valence electrons. The molecule has 1 aromatic rings. The van der Waals surface area contributed by atoms with Crippen molar-refractivity contribution in [1.29, 1.82) is 0 Å². The van der Waals surface area contributed by atoms with Gasteiger partial charge in [-0.05, 0) is 25.1 Å². The Kier molecular flexibility index (Phi) is 5.49. The molecule has 0 aliphatic carbocycles. The second-order valence-corrected chi connectivity index (χ2v) is 3.98. The summed E-state index contributed by atoms with van der Waals surface area (Å²) in [6.45, 7) is 4.52. The van der Waals surface area contributed by atoms with Gasteiger partial charge in [-0.3, -0.25) is 4.79 Å². The molecule has 0 radical (unpaired) electrons. The third-order valence-corrected chi connectivity index (χ3v) is 2.30. The average molecular weight is 236 g/mol. The molecule has 0 aromatic heterocycles. The van der Waals surface area contributed by atoms with Crippen molar-refractivity contribution in [2.75, 3.05) is 24.4 Å². The van der Waals surface area contributed by atoms with Gasteiger partial charge in [-0.25, -0.2) is 0 Å². The molecule has 0 heterocycles. The van der Waals surface area contributed by atoms with Crippen molar-refractivity contribution in [3.05, 3.63) is 24.3 Å². The lowest BCUT2D eigenvalue weighted by molar-refractivity contribution is -0.115. The van der Waals surface area contributed by atoms with E-state index in [0.29, 0.717) is 13.0 Å². The Hall–Kier alpha value is -1.55. The highest BCUT2D eigenvalue weighted by Gasteiger charge is 2.03. The van der Waals surface area contributed by atoms with Gasteiger partial charge in [0.2, 0.25) is 5.91 Å². The number of methoxy groups -OCH3 is 1. The number of nitrogens with one attached hydrogen (secondary N) is 2. The first-order chi connectivity index (χ1) is 8.15. The number of carbonyl (C=O) groups excluding carboxylic acids is 1. The van der Waals surface area contributed by atoms with Crippen LogP contribution in [0, 0.1) is 0 Å². The lowest BCUT2D eigenvalue weighted by Gasteiger charge is -2.15. The van der Waals surface area contributed by atoms with Gasteiger partial charge in [0.25, 0.3) is 0 Å². The van der Waals surface area contributed by atoms with Crippen molar-refractivity contribution in [2.45, 2.75) is 26.3 Å². The first-order valence-corrected chi connectivity index (χ1v) is 5.81. The van der Waals surface area contributed by atoms with E-state index in [1.807, 2.05) is 38.1 Å². The molecule has 0 saturated carbocycles. The highest BCUT2D eigenvalue weighted by Crippen LogP contribution is 2.16. The minimum Gasteiger partial charge on any atom is -0.383 e. The van der Waals surface area contributed by atoms with E-state index in [2.05, 4.69) is 10.6 Å². The van der Waals surface area contributed by atoms with Crippen LogP contribution in [0.25, 0.3) is 0 Å². The Bertz CT molecular complexity index is 366. The van der Waals surface area contributed by atoms with E-state index in [1.54, 1.807) is 7.11 Å². The molecule has 1 amide bonds. The van der Waals surface area contributed by atoms with E-state index in [9.17, 15) is 4.79 Å². The van der Waals surface area contributed by atoms with E-state index < -0.39 is 0 Å². The molecule has 1 aromatic carbocycles.